The SMILES string of the molecule is C.CC(=O)C=C(C)O.CC(=O)C=C(C)O.CC(=O)C=C(C)O.CC(C)(C)c1c[c-]c(-c2nc3ccccc3c3sccc23)cc1.Cc1[c-]c(-c2ncc(-c3c(C)cccc3C)nc2-c2cc(C)cc(C)c2)cc(C)c1.Fc1ccc(-c2ccc(-c3[c-]cccc3)nc2)cc1.[Ir].[Ir].[Ir].[Ir].[c-]1ccccc1-c1ccccn1.[c-]1ccccc1-c1nccc2sccc12. The third-order valence-electron chi connectivity index (χ3n) is 17.8. The minimum Gasteiger partial charge on any atom is -0.512 e. The molecule has 0 atom stereocenters. The van der Waals surface area contributed by atoms with Crippen molar-refractivity contribution < 1.29 is 115 Å². The number of rotatable bonds is 11. The number of aryl methyl sites for hydroxylation is 6. The molecule has 0 saturated carbocycles. The number of carbonyl (C=O) groups excluding carboxylic acids is 3. The quantitative estimate of drug-likeness (QED) is 0.0632. The van der Waals surface area contributed by atoms with Crippen LogP contribution in [-0.2, 0) is 100 Å². The van der Waals surface area contributed by atoms with Crippen molar-refractivity contribution in [1.29, 1.82) is 0 Å². The maximum Gasteiger partial charge on any atom is 0.155 e. The Morgan fingerprint density at radius 2 is 0.936 bits per heavy atom. The van der Waals surface area contributed by atoms with Crippen molar-refractivity contribution >= 4 is 71.1 Å². The zero-order chi connectivity index (χ0) is 86.4. The van der Waals surface area contributed by atoms with E-state index in [0.717, 1.165) is 101 Å². The van der Waals surface area contributed by atoms with Gasteiger partial charge in [0.1, 0.15) is 5.82 Å². The molecule has 12 nitrogen and oxygen atoms in total. The van der Waals surface area contributed by atoms with Crippen LogP contribution in [0.1, 0.15) is 109 Å². The Labute approximate surface area is 797 Å². The molecule has 19 heteroatoms. The molecule has 16 aromatic rings. The second-order valence-electron chi connectivity index (χ2n) is 29.4. The number of aliphatic hydroxyl groups is 3. The molecule has 4 radical (unpaired) electrons. The van der Waals surface area contributed by atoms with Gasteiger partial charge in [0, 0.05) is 149 Å². The summed E-state index contributed by atoms with van der Waals surface area (Å²) in [6.45, 7) is 27.9. The molecule has 0 aliphatic heterocycles. The van der Waals surface area contributed by atoms with E-state index in [0.29, 0.717) is 0 Å². The van der Waals surface area contributed by atoms with Gasteiger partial charge in [-0.25, -0.2) is 4.39 Å². The largest absolute Gasteiger partial charge is 0.512 e. The number of aromatic nitrogens is 6. The molecule has 0 saturated heterocycles. The van der Waals surface area contributed by atoms with Crippen LogP contribution in [-0.4, -0.2) is 62.6 Å². The topological polar surface area (TPSA) is 189 Å². The summed E-state index contributed by atoms with van der Waals surface area (Å²) in [5.41, 5.74) is 25.5. The minimum atomic E-state index is -0.229. The van der Waals surface area contributed by atoms with E-state index in [1.165, 1.54) is 131 Å². The molecule has 7 heterocycles. The summed E-state index contributed by atoms with van der Waals surface area (Å²) in [7, 11) is 0. The fraction of sp³-hybridized carbons (Fsp3) is 0.160. The maximum atomic E-state index is 12.9. The van der Waals surface area contributed by atoms with Crippen molar-refractivity contribution in [2.75, 3.05) is 0 Å². The number of pyridine rings is 4. The number of thiophene rings is 2. The van der Waals surface area contributed by atoms with Gasteiger partial charge in [-0.1, -0.05) is 156 Å². The van der Waals surface area contributed by atoms with Gasteiger partial charge in [-0.3, -0.25) is 24.4 Å². The van der Waals surface area contributed by atoms with Crippen LogP contribution in [0.3, 0.4) is 0 Å². The van der Waals surface area contributed by atoms with E-state index in [1.807, 2.05) is 128 Å². The molecule has 3 N–H and O–H groups in total. The molecule has 7 aromatic heterocycles. The van der Waals surface area contributed by atoms with Crippen molar-refractivity contribution in [1.82, 2.24) is 29.9 Å². The summed E-state index contributed by atoms with van der Waals surface area (Å²) in [5.74, 6) is -0.417. The first-order chi connectivity index (χ1) is 57.5. The number of hydrogen-bond donors (Lipinski definition) is 3. The van der Waals surface area contributed by atoms with Crippen molar-refractivity contribution in [2.45, 2.75) is 117 Å². The number of fused-ring (bicyclic) bond motifs is 4. The third kappa shape index (κ3) is 33.1. The van der Waals surface area contributed by atoms with Crippen LogP contribution in [0.4, 0.5) is 4.39 Å². The molecule has 0 aliphatic carbocycles. The molecule has 125 heavy (non-hydrogen) atoms. The van der Waals surface area contributed by atoms with Gasteiger partial charge in [-0.15, -0.1) is 201 Å². The van der Waals surface area contributed by atoms with Crippen molar-refractivity contribution in [3.63, 3.8) is 0 Å². The summed E-state index contributed by atoms with van der Waals surface area (Å²) in [5, 5.41) is 33.0. The van der Waals surface area contributed by atoms with Gasteiger partial charge in [-0.2, -0.15) is 0 Å². The molecular formula is C106H100FIr4N6O6S2-5. The van der Waals surface area contributed by atoms with Crippen LogP contribution in [0, 0.1) is 77.7 Å². The maximum absolute atomic E-state index is 12.9. The number of aliphatic hydroxyl groups excluding tert-OH is 3. The van der Waals surface area contributed by atoms with Gasteiger partial charge in [0.2, 0.25) is 0 Å². The molecule has 0 unspecified atom stereocenters. The van der Waals surface area contributed by atoms with Crippen LogP contribution in [0.25, 0.3) is 121 Å². The summed E-state index contributed by atoms with van der Waals surface area (Å²) < 4.78 is 15.4. The van der Waals surface area contributed by atoms with Gasteiger partial charge < -0.3 is 35.3 Å². The molecule has 0 amide bonds. The van der Waals surface area contributed by atoms with Crippen LogP contribution >= 0.6 is 22.7 Å². The van der Waals surface area contributed by atoms with Gasteiger partial charge >= 0.3 is 0 Å². The zero-order valence-electron chi connectivity index (χ0n) is 71.5. The van der Waals surface area contributed by atoms with Gasteiger partial charge in [0.05, 0.1) is 34.2 Å². The Hall–Kier alpha value is -11.0. The van der Waals surface area contributed by atoms with Crippen molar-refractivity contribution in [3.8, 4) is 89.9 Å². The number of halogens is 1. The number of ketones is 3. The molecule has 9 aromatic carbocycles. The normalized spacial score (nSPS) is 10.6. The molecular weight excluding hydrogens is 2310 g/mol. The third-order valence-corrected chi connectivity index (χ3v) is 19.6. The van der Waals surface area contributed by atoms with Crippen LogP contribution in [0.15, 0.2) is 308 Å². The summed E-state index contributed by atoms with van der Waals surface area (Å²) in [4.78, 5) is 58.1. The van der Waals surface area contributed by atoms with Gasteiger partial charge in [-0.05, 0) is 177 Å². The smallest absolute Gasteiger partial charge is 0.155 e. The molecule has 650 valence electrons. The Bertz CT molecular complexity index is 6030. The van der Waals surface area contributed by atoms with Crippen LogP contribution < -0.4 is 0 Å². The number of carbonyl (C=O) groups is 3. The monoisotopic (exact) mass is 2410 g/mol. The number of allylic oxidation sites excluding steroid dienone is 6. The average Bonchev–Trinajstić information content (AvgIpc) is 1.73. The molecule has 0 bridgehead atoms. The van der Waals surface area contributed by atoms with Gasteiger partial charge in [0.15, 0.2) is 17.3 Å². The molecule has 0 aliphatic rings. The second-order valence-corrected chi connectivity index (χ2v) is 31.3. The Kier molecular flexibility index (Phi) is 44.8. The van der Waals surface area contributed by atoms with Crippen molar-refractivity contribution in [2.24, 2.45) is 0 Å². The number of hydrogen-bond acceptors (Lipinski definition) is 14. The summed E-state index contributed by atoms with van der Waals surface area (Å²) >= 11 is 3.52. The van der Waals surface area contributed by atoms with Crippen LogP contribution in [0.2, 0.25) is 0 Å². The number of para-hydroxylation sites is 1. The van der Waals surface area contributed by atoms with E-state index in [-0.39, 0.29) is 134 Å². The predicted molar refractivity (Wildman–Crippen MR) is 500 cm³/mol. The van der Waals surface area contributed by atoms with E-state index in [9.17, 15) is 18.8 Å². The number of benzene rings is 9. The van der Waals surface area contributed by atoms with E-state index in [1.54, 1.807) is 47.2 Å². The predicted octanol–water partition coefficient (Wildman–Crippen LogP) is 27.7. The Morgan fingerprint density at radius 3 is 1.44 bits per heavy atom. The minimum absolute atomic E-state index is 0. The molecule has 16 rings (SSSR count). The van der Waals surface area contributed by atoms with E-state index >= 15 is 0 Å². The summed E-state index contributed by atoms with van der Waals surface area (Å²) in [6, 6.07) is 94.4. The first-order valence-corrected chi connectivity index (χ1v) is 40.6. The molecule has 0 spiro atoms. The zero-order valence-corrected chi connectivity index (χ0v) is 82.7. The second kappa shape index (κ2) is 52.7. The van der Waals surface area contributed by atoms with E-state index < -0.39 is 0 Å². The van der Waals surface area contributed by atoms with Crippen molar-refractivity contribution in [3.05, 3.63) is 383 Å². The summed E-state index contributed by atoms with van der Waals surface area (Å²) in [6.07, 6.45) is 10.8. The van der Waals surface area contributed by atoms with Crippen LogP contribution in [0.5, 0.6) is 0 Å². The van der Waals surface area contributed by atoms with Gasteiger partial charge in [0.25, 0.3) is 0 Å². The number of nitrogens with zero attached hydrogens (tertiary/aromatic N) is 6. The fourth-order valence-electron chi connectivity index (χ4n) is 12.7. The van der Waals surface area contributed by atoms with E-state index in [4.69, 9.17) is 30.3 Å². The van der Waals surface area contributed by atoms with E-state index in [2.05, 4.69) is 215 Å². The fourth-order valence-corrected chi connectivity index (χ4v) is 14.4. The molecule has 0 fully saturated rings. The first-order valence-electron chi connectivity index (χ1n) is 38.8. The first kappa shape index (κ1) is 106. The Balaban J connectivity index is 0.000000313. The Morgan fingerprint density at radius 1 is 0.408 bits per heavy atom. The standard InChI is InChI=1S/C28H27N2.C21H18NS.C17H11FN.C13H8NS.C11H8N.3C5H8O2.CH4.4Ir/c1-17-10-18(2)13-23(12-17)27-28(24-14-19(3)11-20(4)15-24)30-25(16-29-27)26-21(5)8-7-9-22(26)6;1-21(2,3)15-10-8-14(9-11-15)19-17-12-13-23-20(17)16-6-4-5-7-18(16)22-19;18-16-9-6-13(7-10-16)15-8-11-17(19-12-15)14-4-2-1-3-5-14;1-2-4-10(5-3-1)13-11-7-9-15-12(11)6-8-14-13;1-2-6-10(7-3-1)11-8-4-5-9-12-11;3*1-4(6)3-5(2)7;;;;;/h7-12,14-16H,1-6H3;4-8,10-13H,1-3H3;1-4,6-12H;1-4,6-9H;1-6,8-9H;3*3,6H,1-2H3;1H4;;;;/q5*-1;;;;;;;;. The average molecular weight is 2410 g/mol.